The molecule has 0 amide bonds. The van der Waals surface area contributed by atoms with Gasteiger partial charge in [-0.25, -0.2) is 0 Å². The molecule has 0 aromatic heterocycles. The molecule has 0 fully saturated rings. The molecule has 0 aliphatic rings. The summed E-state index contributed by atoms with van der Waals surface area (Å²) in [6, 6.07) is 14.6. The first-order valence-electron chi connectivity index (χ1n) is 5.20. The number of aryl methyl sites for hydroxylation is 2. The van der Waals surface area contributed by atoms with Crippen molar-refractivity contribution in [2.45, 2.75) is 13.8 Å². The third-order valence-electron chi connectivity index (χ3n) is 2.44. The Morgan fingerprint density at radius 1 is 0.875 bits per heavy atom. The van der Waals surface area contributed by atoms with Crippen LogP contribution in [0.2, 0.25) is 0 Å². The van der Waals surface area contributed by atoms with Crippen LogP contribution in [0.3, 0.4) is 0 Å². The average Bonchev–Trinajstić information content (AvgIpc) is 2.27. The summed E-state index contributed by atoms with van der Waals surface area (Å²) < 4.78 is 2.67. The zero-order chi connectivity index (χ0) is 11.5. The van der Waals surface area contributed by atoms with Gasteiger partial charge in [0, 0.05) is 0 Å². The molecule has 2 aromatic carbocycles. The van der Waals surface area contributed by atoms with E-state index in [0.29, 0.717) is 20.7 Å². The summed E-state index contributed by atoms with van der Waals surface area (Å²) in [6.45, 7) is 3.90. The second kappa shape index (κ2) is 4.73. The Morgan fingerprint density at radius 2 is 1.44 bits per heavy atom. The van der Waals surface area contributed by atoms with Crippen LogP contribution in [0.25, 0.3) is 0 Å². The molecule has 1 nitrogen and oxygen atoms in total. The van der Waals surface area contributed by atoms with E-state index in [9.17, 15) is 5.11 Å². The van der Waals surface area contributed by atoms with Crippen LogP contribution < -0.4 is 8.92 Å². The fourth-order valence-corrected chi connectivity index (χ4v) is 3.77. The molecule has 16 heavy (non-hydrogen) atoms. The molecule has 0 heterocycles. The van der Waals surface area contributed by atoms with Gasteiger partial charge in [0.05, 0.1) is 0 Å². The van der Waals surface area contributed by atoms with Gasteiger partial charge >= 0.3 is 102 Å². The summed E-state index contributed by atoms with van der Waals surface area (Å²) in [7, 11) is 0. The minimum atomic E-state index is 0.324. The third-order valence-corrected chi connectivity index (χ3v) is 4.50. The van der Waals surface area contributed by atoms with E-state index in [-0.39, 0.29) is 0 Å². The number of hydrogen-bond acceptors (Lipinski definition) is 1. The predicted octanol–water partition coefficient (Wildman–Crippen LogP) is 1.66. The van der Waals surface area contributed by atoms with Crippen LogP contribution >= 0.6 is 0 Å². The normalized spacial score (nSPS) is 10.4. The molecule has 0 aliphatic heterocycles. The van der Waals surface area contributed by atoms with Gasteiger partial charge < -0.3 is 0 Å². The van der Waals surface area contributed by atoms with Crippen molar-refractivity contribution in [1.82, 2.24) is 0 Å². The number of rotatable bonds is 2. The van der Waals surface area contributed by atoms with Crippen molar-refractivity contribution in [1.29, 1.82) is 0 Å². The van der Waals surface area contributed by atoms with E-state index in [1.54, 1.807) is 0 Å². The molecule has 1 N–H and O–H groups in total. The van der Waals surface area contributed by atoms with Gasteiger partial charge in [0.15, 0.2) is 0 Å². The van der Waals surface area contributed by atoms with Gasteiger partial charge in [-0.1, -0.05) is 0 Å². The van der Waals surface area contributed by atoms with Gasteiger partial charge in [-0.3, -0.25) is 0 Å². The van der Waals surface area contributed by atoms with Crippen LogP contribution in [0.1, 0.15) is 11.1 Å². The van der Waals surface area contributed by atoms with Crippen LogP contribution in [-0.4, -0.2) is 20.1 Å². The molecule has 82 valence electrons. The first-order chi connectivity index (χ1) is 7.66. The SMILES string of the molecule is Cc1cc([Se]c2ccccc2)cc(C)c1O. The molecule has 0 aliphatic carbocycles. The van der Waals surface area contributed by atoms with Crippen molar-refractivity contribution in [3.05, 3.63) is 53.6 Å². The number of aromatic hydroxyl groups is 1. The topological polar surface area (TPSA) is 20.2 Å². The fraction of sp³-hybridized carbons (Fsp3) is 0.143. The van der Waals surface area contributed by atoms with Crippen molar-refractivity contribution in [3.63, 3.8) is 0 Å². The molecular weight excluding hydrogens is 263 g/mol. The van der Waals surface area contributed by atoms with Gasteiger partial charge in [-0.2, -0.15) is 0 Å². The number of phenolic OH excluding ortho intramolecular Hbond substituents is 1. The second-order valence-corrected chi connectivity index (χ2v) is 6.23. The van der Waals surface area contributed by atoms with E-state index >= 15 is 0 Å². The van der Waals surface area contributed by atoms with E-state index in [1.807, 2.05) is 19.9 Å². The predicted molar refractivity (Wildman–Crippen MR) is 69.0 cm³/mol. The maximum absolute atomic E-state index is 9.70. The Hall–Kier alpha value is -1.24. The summed E-state index contributed by atoms with van der Waals surface area (Å²) in [4.78, 5) is 0. The standard InChI is InChI=1S/C14H14OSe/c1-10-8-13(9-11(2)14(10)15)16-12-6-4-3-5-7-12/h3-9,15H,1-2H3. The summed E-state index contributed by atoms with van der Waals surface area (Å²) in [5, 5.41) is 9.70. The Labute approximate surface area is 102 Å². The molecule has 0 bridgehead atoms. The second-order valence-electron chi connectivity index (χ2n) is 3.82. The van der Waals surface area contributed by atoms with Crippen LogP contribution in [-0.2, 0) is 0 Å². The maximum atomic E-state index is 9.70. The Bertz CT molecular complexity index is 468. The van der Waals surface area contributed by atoms with Gasteiger partial charge in [0.25, 0.3) is 0 Å². The van der Waals surface area contributed by atoms with Gasteiger partial charge in [0.1, 0.15) is 0 Å². The van der Waals surface area contributed by atoms with E-state index < -0.39 is 0 Å². The van der Waals surface area contributed by atoms with Gasteiger partial charge in [0.2, 0.25) is 0 Å². The molecular formula is C14H14OSe. The van der Waals surface area contributed by atoms with E-state index in [0.717, 1.165) is 11.1 Å². The molecule has 0 saturated heterocycles. The Balaban J connectivity index is 2.29. The van der Waals surface area contributed by atoms with Crippen LogP contribution in [0, 0.1) is 13.8 Å². The van der Waals surface area contributed by atoms with Crippen LogP contribution in [0.4, 0.5) is 0 Å². The summed E-state index contributed by atoms with van der Waals surface area (Å²) in [5.41, 5.74) is 1.93. The minimum absolute atomic E-state index is 0.324. The molecule has 0 spiro atoms. The number of phenols is 1. The van der Waals surface area contributed by atoms with E-state index in [1.165, 1.54) is 8.92 Å². The van der Waals surface area contributed by atoms with Crippen molar-refractivity contribution < 1.29 is 5.11 Å². The first-order valence-corrected chi connectivity index (χ1v) is 6.91. The van der Waals surface area contributed by atoms with E-state index in [4.69, 9.17) is 0 Å². The number of hydrogen-bond donors (Lipinski definition) is 1. The summed E-state index contributed by atoms with van der Waals surface area (Å²) in [6.07, 6.45) is 0. The molecule has 2 rings (SSSR count). The quantitative estimate of drug-likeness (QED) is 0.828. The molecule has 0 unspecified atom stereocenters. The van der Waals surface area contributed by atoms with Crippen molar-refractivity contribution in [2.24, 2.45) is 0 Å². The average molecular weight is 277 g/mol. The number of benzene rings is 2. The van der Waals surface area contributed by atoms with Crippen LogP contribution in [0.15, 0.2) is 42.5 Å². The fourth-order valence-electron chi connectivity index (χ4n) is 1.60. The summed E-state index contributed by atoms with van der Waals surface area (Å²) >= 11 is 0.324. The van der Waals surface area contributed by atoms with Crippen molar-refractivity contribution in [2.75, 3.05) is 0 Å². The van der Waals surface area contributed by atoms with Crippen LogP contribution in [0.5, 0.6) is 5.75 Å². The van der Waals surface area contributed by atoms with Crippen molar-refractivity contribution in [3.8, 4) is 5.75 Å². The monoisotopic (exact) mass is 278 g/mol. The first kappa shape index (κ1) is 11.3. The molecule has 0 radical (unpaired) electrons. The van der Waals surface area contributed by atoms with Gasteiger partial charge in [-0.05, 0) is 0 Å². The Kier molecular flexibility index (Phi) is 3.33. The zero-order valence-corrected chi connectivity index (χ0v) is 11.1. The molecule has 2 aromatic rings. The molecule has 2 heteroatoms. The van der Waals surface area contributed by atoms with Crippen molar-refractivity contribution >= 4 is 23.9 Å². The Morgan fingerprint density at radius 3 is 2.00 bits per heavy atom. The summed E-state index contributed by atoms with van der Waals surface area (Å²) in [5.74, 6) is 0.424. The molecule has 0 atom stereocenters. The third kappa shape index (κ3) is 2.46. The zero-order valence-electron chi connectivity index (χ0n) is 9.40. The van der Waals surface area contributed by atoms with E-state index in [2.05, 4.69) is 36.4 Å². The molecule has 0 saturated carbocycles. The van der Waals surface area contributed by atoms with Gasteiger partial charge in [-0.15, -0.1) is 0 Å².